The average Bonchev–Trinajstić information content (AvgIpc) is 2.88. The number of aromatic nitrogens is 5. The maximum Gasteiger partial charge on any atom is 0.275 e. The largest absolute Gasteiger partial charge is 0.301 e. The van der Waals surface area contributed by atoms with Gasteiger partial charge in [0.05, 0.1) is 5.69 Å². The lowest BCUT2D eigenvalue weighted by Crippen LogP contribution is -2.15. The molecule has 0 atom stereocenters. The van der Waals surface area contributed by atoms with Crippen LogP contribution in [-0.2, 0) is 12.2 Å². The van der Waals surface area contributed by atoms with Crippen molar-refractivity contribution in [3.63, 3.8) is 0 Å². The van der Waals surface area contributed by atoms with Crippen LogP contribution in [0.4, 0.5) is 0 Å². The molecule has 3 heterocycles. The molecular formula is C14H15N5O2S2. The zero-order chi connectivity index (χ0) is 16.4. The number of aromatic amines is 1. The van der Waals surface area contributed by atoms with Crippen molar-refractivity contribution in [1.82, 2.24) is 24.6 Å². The number of rotatable bonds is 5. The Morgan fingerprint density at radius 2 is 2.13 bits per heavy atom. The average molecular weight is 349 g/mol. The molecule has 0 bridgehead atoms. The second-order valence-corrected chi connectivity index (χ2v) is 7.01. The first-order valence-electron chi connectivity index (χ1n) is 7.14. The molecule has 0 aliphatic heterocycles. The second-order valence-electron chi connectivity index (χ2n) is 5.01. The molecule has 3 aromatic rings. The van der Waals surface area contributed by atoms with Gasteiger partial charge in [0.15, 0.2) is 5.16 Å². The third-order valence-corrected chi connectivity index (χ3v) is 4.88. The molecule has 1 N–H and O–H groups in total. The number of aryl methyl sites for hydroxylation is 2. The molecule has 0 amide bonds. The quantitative estimate of drug-likeness (QED) is 0.557. The lowest BCUT2D eigenvalue weighted by Gasteiger charge is -2.01. The monoisotopic (exact) mass is 349 g/mol. The number of hydrogen-bond acceptors (Lipinski definition) is 7. The third kappa shape index (κ3) is 3.67. The maximum atomic E-state index is 12.1. The molecule has 0 saturated heterocycles. The van der Waals surface area contributed by atoms with Crippen LogP contribution < -0.4 is 11.1 Å². The molecule has 7 nitrogen and oxygen atoms in total. The number of nitrogens with one attached hydrogen (secondary N) is 1. The minimum atomic E-state index is -0.185. The summed E-state index contributed by atoms with van der Waals surface area (Å²) in [4.78, 5) is 35.5. The molecule has 0 aromatic carbocycles. The summed E-state index contributed by atoms with van der Waals surface area (Å²) in [7, 11) is 0. The molecule has 0 aliphatic rings. The molecule has 0 fully saturated rings. The summed E-state index contributed by atoms with van der Waals surface area (Å²) < 4.78 is 1.34. The van der Waals surface area contributed by atoms with E-state index in [1.165, 1.54) is 39.7 Å². The minimum absolute atomic E-state index is 0.185. The highest BCUT2D eigenvalue weighted by atomic mass is 32.2. The van der Waals surface area contributed by atoms with Crippen LogP contribution in [0, 0.1) is 6.92 Å². The van der Waals surface area contributed by atoms with Crippen molar-refractivity contribution in [1.29, 1.82) is 0 Å². The minimum Gasteiger partial charge on any atom is -0.301 e. The highest BCUT2D eigenvalue weighted by molar-refractivity contribution is 7.98. The summed E-state index contributed by atoms with van der Waals surface area (Å²) in [6, 6.07) is 2.91. The Morgan fingerprint density at radius 1 is 1.30 bits per heavy atom. The van der Waals surface area contributed by atoms with Crippen LogP contribution in [0.15, 0.2) is 26.9 Å². The Labute approximate surface area is 139 Å². The molecule has 0 aliphatic carbocycles. The predicted octanol–water partition coefficient (Wildman–Crippen LogP) is 1.79. The van der Waals surface area contributed by atoms with Crippen LogP contribution in [0.3, 0.4) is 0 Å². The molecule has 120 valence electrons. The SMILES string of the molecule is CCCc1nn2c(=O)cc(CSc3nc(C)cc(=O)[nH]3)nc2s1. The van der Waals surface area contributed by atoms with E-state index in [2.05, 4.69) is 27.0 Å². The van der Waals surface area contributed by atoms with Crippen LogP contribution in [0.2, 0.25) is 0 Å². The normalized spacial score (nSPS) is 11.2. The van der Waals surface area contributed by atoms with Gasteiger partial charge in [-0.1, -0.05) is 30.0 Å². The summed E-state index contributed by atoms with van der Waals surface area (Å²) in [5.41, 5.74) is 0.937. The highest BCUT2D eigenvalue weighted by Crippen LogP contribution is 2.18. The molecule has 23 heavy (non-hydrogen) atoms. The van der Waals surface area contributed by atoms with E-state index in [0.717, 1.165) is 17.8 Å². The highest BCUT2D eigenvalue weighted by Gasteiger charge is 2.09. The molecule has 0 saturated carbocycles. The molecule has 3 aromatic heterocycles. The van der Waals surface area contributed by atoms with Crippen LogP contribution in [0.5, 0.6) is 0 Å². The molecule has 0 radical (unpaired) electrons. The van der Waals surface area contributed by atoms with E-state index in [4.69, 9.17) is 0 Å². The Hall–Kier alpha value is -2.00. The van der Waals surface area contributed by atoms with Crippen molar-refractivity contribution in [3.05, 3.63) is 49.2 Å². The van der Waals surface area contributed by atoms with Gasteiger partial charge in [0, 0.05) is 30.0 Å². The van der Waals surface area contributed by atoms with Gasteiger partial charge in [0.1, 0.15) is 5.01 Å². The van der Waals surface area contributed by atoms with Crippen LogP contribution in [0.1, 0.15) is 29.7 Å². The van der Waals surface area contributed by atoms with Gasteiger partial charge >= 0.3 is 0 Å². The van der Waals surface area contributed by atoms with Crippen LogP contribution in [-0.4, -0.2) is 24.6 Å². The zero-order valence-electron chi connectivity index (χ0n) is 12.7. The van der Waals surface area contributed by atoms with Crippen molar-refractivity contribution in [2.75, 3.05) is 0 Å². The molecule has 3 rings (SSSR count). The fraction of sp³-hybridized carbons (Fsp3) is 0.357. The summed E-state index contributed by atoms with van der Waals surface area (Å²) in [6.07, 6.45) is 1.82. The van der Waals surface area contributed by atoms with E-state index >= 15 is 0 Å². The van der Waals surface area contributed by atoms with Gasteiger partial charge in [-0.05, 0) is 13.3 Å². The molecular weight excluding hydrogens is 334 g/mol. The first-order valence-corrected chi connectivity index (χ1v) is 8.95. The van der Waals surface area contributed by atoms with Gasteiger partial charge in [0.25, 0.3) is 11.1 Å². The van der Waals surface area contributed by atoms with E-state index in [1.807, 2.05) is 0 Å². The Morgan fingerprint density at radius 3 is 2.87 bits per heavy atom. The maximum absolute atomic E-state index is 12.1. The summed E-state index contributed by atoms with van der Waals surface area (Å²) in [6.45, 7) is 3.84. The lowest BCUT2D eigenvalue weighted by atomic mass is 10.4. The van der Waals surface area contributed by atoms with E-state index < -0.39 is 0 Å². The lowest BCUT2D eigenvalue weighted by molar-refractivity contribution is 0.818. The van der Waals surface area contributed by atoms with Crippen LogP contribution in [0.25, 0.3) is 4.96 Å². The van der Waals surface area contributed by atoms with Gasteiger partial charge in [-0.2, -0.15) is 9.61 Å². The van der Waals surface area contributed by atoms with E-state index in [-0.39, 0.29) is 11.1 Å². The second kappa shape index (κ2) is 6.63. The summed E-state index contributed by atoms with van der Waals surface area (Å²) >= 11 is 2.78. The fourth-order valence-corrected chi connectivity index (χ4v) is 3.88. The fourth-order valence-electron chi connectivity index (χ4n) is 2.05. The van der Waals surface area contributed by atoms with Crippen molar-refractivity contribution in [2.45, 2.75) is 37.6 Å². The van der Waals surface area contributed by atoms with E-state index in [0.29, 0.717) is 27.3 Å². The number of fused-ring (bicyclic) bond motifs is 1. The van der Waals surface area contributed by atoms with Crippen molar-refractivity contribution < 1.29 is 0 Å². The Kier molecular flexibility index (Phi) is 4.58. The first kappa shape index (κ1) is 15.9. The van der Waals surface area contributed by atoms with Gasteiger partial charge in [-0.3, -0.25) is 9.59 Å². The van der Waals surface area contributed by atoms with Crippen LogP contribution >= 0.6 is 23.1 Å². The van der Waals surface area contributed by atoms with Crippen molar-refractivity contribution >= 4 is 28.1 Å². The van der Waals surface area contributed by atoms with Gasteiger partial charge in [0.2, 0.25) is 4.96 Å². The van der Waals surface area contributed by atoms with Gasteiger partial charge in [-0.25, -0.2) is 9.97 Å². The summed E-state index contributed by atoms with van der Waals surface area (Å²) in [5, 5.41) is 5.71. The number of hydrogen-bond donors (Lipinski definition) is 1. The smallest absolute Gasteiger partial charge is 0.275 e. The summed E-state index contributed by atoms with van der Waals surface area (Å²) in [5.74, 6) is 0.457. The van der Waals surface area contributed by atoms with Gasteiger partial charge < -0.3 is 4.98 Å². The number of H-pyrrole nitrogens is 1. The topological polar surface area (TPSA) is 93.0 Å². The van der Waals surface area contributed by atoms with Crippen molar-refractivity contribution in [3.8, 4) is 0 Å². The van der Waals surface area contributed by atoms with Gasteiger partial charge in [-0.15, -0.1) is 0 Å². The van der Waals surface area contributed by atoms with Crippen molar-refractivity contribution in [2.24, 2.45) is 0 Å². The molecule has 9 heteroatoms. The third-order valence-electron chi connectivity index (χ3n) is 3.01. The zero-order valence-corrected chi connectivity index (χ0v) is 14.3. The standard InChI is InChI=1S/C14H15N5O2S2/c1-3-4-11-18-19-12(21)6-9(16-14(19)23-11)7-22-13-15-8(2)5-10(20)17-13/h5-6H,3-4,7H2,1-2H3,(H,15,17,20). The molecule has 0 unspecified atom stereocenters. The predicted molar refractivity (Wildman–Crippen MR) is 90.3 cm³/mol. The number of thioether (sulfide) groups is 1. The Bertz CT molecular complexity index is 960. The Balaban J connectivity index is 1.85. The number of nitrogens with zero attached hydrogens (tertiary/aromatic N) is 4. The van der Waals surface area contributed by atoms with E-state index in [9.17, 15) is 9.59 Å². The first-order chi connectivity index (χ1) is 11.0. The molecule has 0 spiro atoms. The van der Waals surface area contributed by atoms with E-state index in [1.54, 1.807) is 6.92 Å².